The van der Waals surface area contributed by atoms with Crippen molar-refractivity contribution in [3.05, 3.63) is 23.8 Å². The Balaban J connectivity index is 2.25. The van der Waals surface area contributed by atoms with Crippen LogP contribution in [0.25, 0.3) is 0 Å². The van der Waals surface area contributed by atoms with E-state index < -0.39 is 6.29 Å². The number of allylic oxidation sites excluding steroid dienone is 3. The molecule has 4 heteroatoms. The maximum atomic E-state index is 11.6. The molecule has 1 heterocycles. The number of esters is 1. The SMILES string of the molecule is CC(=O)O[C@@H]1OCC(=O)C2=CC=C[C@@H](C)[C@H]21. The lowest BCUT2D eigenvalue weighted by atomic mass is 9.79. The van der Waals surface area contributed by atoms with Crippen LogP contribution in [0.3, 0.4) is 0 Å². The molecule has 0 amide bonds. The van der Waals surface area contributed by atoms with Crippen molar-refractivity contribution in [1.29, 1.82) is 0 Å². The molecule has 0 saturated carbocycles. The van der Waals surface area contributed by atoms with Gasteiger partial charge in [-0.1, -0.05) is 25.2 Å². The maximum absolute atomic E-state index is 11.6. The molecule has 0 aromatic heterocycles. The molecule has 0 aromatic carbocycles. The molecule has 16 heavy (non-hydrogen) atoms. The Morgan fingerprint density at radius 3 is 3.00 bits per heavy atom. The Kier molecular flexibility index (Phi) is 2.92. The zero-order chi connectivity index (χ0) is 11.7. The topological polar surface area (TPSA) is 52.6 Å². The predicted octanol–water partition coefficient (Wildman–Crippen LogP) is 1.22. The minimum absolute atomic E-state index is 0.0131. The van der Waals surface area contributed by atoms with E-state index in [4.69, 9.17) is 9.47 Å². The van der Waals surface area contributed by atoms with E-state index in [2.05, 4.69) is 0 Å². The van der Waals surface area contributed by atoms with Gasteiger partial charge < -0.3 is 9.47 Å². The average Bonchev–Trinajstić information content (AvgIpc) is 2.22. The normalized spacial score (nSPS) is 33.0. The highest BCUT2D eigenvalue weighted by Crippen LogP contribution is 2.34. The van der Waals surface area contributed by atoms with Gasteiger partial charge in [-0.15, -0.1) is 0 Å². The summed E-state index contributed by atoms with van der Waals surface area (Å²) in [6, 6.07) is 0. The summed E-state index contributed by atoms with van der Waals surface area (Å²) in [5.74, 6) is -0.450. The second-order valence-corrected chi connectivity index (χ2v) is 4.10. The van der Waals surface area contributed by atoms with Gasteiger partial charge in [-0.3, -0.25) is 9.59 Å². The third-order valence-corrected chi connectivity index (χ3v) is 2.89. The van der Waals surface area contributed by atoms with E-state index in [0.717, 1.165) is 0 Å². The first-order chi connectivity index (χ1) is 7.59. The van der Waals surface area contributed by atoms with Crippen molar-refractivity contribution in [3.63, 3.8) is 0 Å². The van der Waals surface area contributed by atoms with Crippen molar-refractivity contribution in [2.75, 3.05) is 6.61 Å². The van der Waals surface area contributed by atoms with Gasteiger partial charge in [-0.2, -0.15) is 0 Å². The molecule has 0 aromatic rings. The fraction of sp³-hybridized carbons (Fsp3) is 0.500. The van der Waals surface area contributed by atoms with Crippen molar-refractivity contribution in [2.45, 2.75) is 20.1 Å². The van der Waals surface area contributed by atoms with Gasteiger partial charge >= 0.3 is 5.97 Å². The van der Waals surface area contributed by atoms with Gasteiger partial charge in [0.05, 0.1) is 5.92 Å². The van der Waals surface area contributed by atoms with Crippen molar-refractivity contribution < 1.29 is 19.1 Å². The van der Waals surface area contributed by atoms with Crippen molar-refractivity contribution in [3.8, 4) is 0 Å². The van der Waals surface area contributed by atoms with Crippen molar-refractivity contribution in [1.82, 2.24) is 0 Å². The lowest BCUT2D eigenvalue weighted by molar-refractivity contribution is -0.196. The quantitative estimate of drug-likeness (QED) is 0.626. The molecule has 0 bridgehead atoms. The number of carbonyl (C=O) groups excluding carboxylic acids is 2. The molecule has 1 aliphatic carbocycles. The summed E-state index contributed by atoms with van der Waals surface area (Å²) in [6.07, 6.45) is 4.99. The molecule has 0 spiro atoms. The van der Waals surface area contributed by atoms with Crippen LogP contribution in [-0.4, -0.2) is 24.6 Å². The Hall–Kier alpha value is -1.42. The fourth-order valence-electron chi connectivity index (χ4n) is 2.14. The molecule has 0 N–H and O–H groups in total. The first-order valence-electron chi connectivity index (χ1n) is 5.30. The smallest absolute Gasteiger partial charge is 0.304 e. The van der Waals surface area contributed by atoms with Gasteiger partial charge in [-0.05, 0) is 5.92 Å². The number of rotatable bonds is 1. The minimum Gasteiger partial charge on any atom is -0.435 e. The van der Waals surface area contributed by atoms with Gasteiger partial charge in [0.1, 0.15) is 6.61 Å². The molecule has 2 rings (SSSR count). The van der Waals surface area contributed by atoms with E-state index >= 15 is 0 Å². The zero-order valence-corrected chi connectivity index (χ0v) is 9.30. The standard InChI is InChI=1S/C12H14O4/c1-7-4-3-5-9-10(14)6-15-12(11(7)9)16-8(2)13/h3-5,7,11-12H,6H2,1-2H3/t7-,11-,12+/m1/s1. The van der Waals surface area contributed by atoms with Crippen LogP contribution in [0.2, 0.25) is 0 Å². The van der Waals surface area contributed by atoms with Crippen LogP contribution in [0.5, 0.6) is 0 Å². The average molecular weight is 222 g/mol. The minimum atomic E-state index is -0.638. The molecule has 1 fully saturated rings. The Labute approximate surface area is 93.9 Å². The third kappa shape index (κ3) is 1.93. The molecule has 1 saturated heterocycles. The zero-order valence-electron chi connectivity index (χ0n) is 9.30. The summed E-state index contributed by atoms with van der Waals surface area (Å²) in [7, 11) is 0. The number of ketones is 1. The Morgan fingerprint density at radius 1 is 1.56 bits per heavy atom. The molecular formula is C12H14O4. The molecule has 0 radical (unpaired) electrons. The summed E-state index contributed by atoms with van der Waals surface area (Å²) < 4.78 is 10.4. The molecule has 3 atom stereocenters. The van der Waals surface area contributed by atoms with E-state index in [0.29, 0.717) is 5.57 Å². The van der Waals surface area contributed by atoms with Gasteiger partial charge in [0, 0.05) is 12.5 Å². The van der Waals surface area contributed by atoms with Crippen molar-refractivity contribution >= 4 is 11.8 Å². The van der Waals surface area contributed by atoms with Crippen LogP contribution in [0.15, 0.2) is 23.8 Å². The number of carbonyl (C=O) groups is 2. The van der Waals surface area contributed by atoms with Crippen LogP contribution in [0.1, 0.15) is 13.8 Å². The lowest BCUT2D eigenvalue weighted by Gasteiger charge is -2.36. The molecule has 1 aliphatic heterocycles. The third-order valence-electron chi connectivity index (χ3n) is 2.89. The van der Waals surface area contributed by atoms with E-state index in [9.17, 15) is 9.59 Å². The molecular weight excluding hydrogens is 208 g/mol. The highest BCUT2D eigenvalue weighted by molar-refractivity contribution is 5.98. The maximum Gasteiger partial charge on any atom is 0.304 e. The largest absolute Gasteiger partial charge is 0.435 e. The number of Topliss-reactive ketones (excluding diaryl/α,β-unsaturated/α-hetero) is 1. The summed E-state index contributed by atoms with van der Waals surface area (Å²) >= 11 is 0. The second-order valence-electron chi connectivity index (χ2n) is 4.10. The Bertz CT molecular complexity index is 380. The van der Waals surface area contributed by atoms with Crippen LogP contribution >= 0.6 is 0 Å². The van der Waals surface area contributed by atoms with E-state index in [-0.39, 0.29) is 30.2 Å². The summed E-state index contributed by atoms with van der Waals surface area (Å²) in [6.45, 7) is 3.31. The number of fused-ring (bicyclic) bond motifs is 1. The van der Waals surface area contributed by atoms with Gasteiger partial charge in [0.2, 0.25) is 6.29 Å². The van der Waals surface area contributed by atoms with Gasteiger partial charge in [0.25, 0.3) is 0 Å². The highest BCUT2D eigenvalue weighted by atomic mass is 16.7. The molecule has 2 aliphatic rings. The molecule has 4 nitrogen and oxygen atoms in total. The monoisotopic (exact) mass is 222 g/mol. The number of hydrogen-bond donors (Lipinski definition) is 0. The molecule has 0 unspecified atom stereocenters. The first kappa shape index (κ1) is 11.1. The fourth-order valence-corrected chi connectivity index (χ4v) is 2.14. The van der Waals surface area contributed by atoms with Crippen molar-refractivity contribution in [2.24, 2.45) is 11.8 Å². The van der Waals surface area contributed by atoms with Gasteiger partial charge in [0.15, 0.2) is 5.78 Å². The summed E-state index contributed by atoms with van der Waals surface area (Å²) in [5, 5.41) is 0. The number of hydrogen-bond acceptors (Lipinski definition) is 4. The van der Waals surface area contributed by atoms with E-state index in [1.807, 2.05) is 19.1 Å². The summed E-state index contributed by atoms with van der Waals surface area (Å²) in [4.78, 5) is 22.6. The van der Waals surface area contributed by atoms with E-state index in [1.165, 1.54) is 6.92 Å². The predicted molar refractivity (Wildman–Crippen MR) is 56.4 cm³/mol. The van der Waals surface area contributed by atoms with Crippen LogP contribution in [0.4, 0.5) is 0 Å². The highest BCUT2D eigenvalue weighted by Gasteiger charge is 2.40. The first-order valence-corrected chi connectivity index (χ1v) is 5.30. The lowest BCUT2D eigenvalue weighted by Crippen LogP contribution is -2.43. The van der Waals surface area contributed by atoms with Crippen LogP contribution in [0, 0.1) is 11.8 Å². The molecule has 86 valence electrons. The number of ether oxygens (including phenoxy) is 2. The van der Waals surface area contributed by atoms with E-state index in [1.54, 1.807) is 6.08 Å². The van der Waals surface area contributed by atoms with Gasteiger partial charge in [-0.25, -0.2) is 0 Å². The Morgan fingerprint density at radius 2 is 2.31 bits per heavy atom. The second kappa shape index (κ2) is 4.22. The van der Waals surface area contributed by atoms with Crippen LogP contribution in [-0.2, 0) is 19.1 Å². The summed E-state index contributed by atoms with van der Waals surface area (Å²) in [5.41, 5.74) is 0.701. The van der Waals surface area contributed by atoms with Crippen LogP contribution < -0.4 is 0 Å².